The largest absolute Gasteiger partial charge is 0.393 e. The van der Waals surface area contributed by atoms with Crippen molar-refractivity contribution in [3.05, 3.63) is 0 Å². The summed E-state index contributed by atoms with van der Waals surface area (Å²) in [5, 5.41) is 19.8. The first kappa shape index (κ1) is 21.8. The summed E-state index contributed by atoms with van der Waals surface area (Å²) in [6.45, 7) is 3.80. The van der Waals surface area contributed by atoms with Crippen LogP contribution in [0.3, 0.4) is 0 Å². The first-order chi connectivity index (χ1) is 10.4. The number of nitrogens with two attached hydrogens (primary N) is 2. The van der Waals surface area contributed by atoms with Crippen molar-refractivity contribution < 1.29 is 14.9 Å². The van der Waals surface area contributed by atoms with Crippen molar-refractivity contribution in [2.24, 2.45) is 11.5 Å². The highest BCUT2D eigenvalue weighted by Gasteiger charge is 2.45. The lowest BCUT2D eigenvalue weighted by molar-refractivity contribution is -0.197. The number of hydrogen-bond donors (Lipinski definition) is 4. The second kappa shape index (κ2) is 12.3. The number of aliphatic hydroxyl groups is 2. The Balaban J connectivity index is 3.75. The Kier molecular flexibility index (Phi) is 12.1. The maximum absolute atomic E-state index is 10.4. The van der Waals surface area contributed by atoms with Crippen LogP contribution in [0.5, 0.6) is 0 Å². The second-order valence-corrected chi connectivity index (χ2v) is 6.35. The summed E-state index contributed by atoms with van der Waals surface area (Å²) in [5.74, 6) is -1.70. The molecule has 0 radical (unpaired) electrons. The predicted octanol–water partition coefficient (Wildman–Crippen LogP) is 2.63. The van der Waals surface area contributed by atoms with Gasteiger partial charge in [0.25, 0.3) is 0 Å². The Bertz CT molecular complexity index is 262. The van der Waals surface area contributed by atoms with Gasteiger partial charge >= 0.3 is 0 Å². The van der Waals surface area contributed by atoms with E-state index in [4.69, 9.17) is 16.2 Å². The Morgan fingerprint density at radius 3 is 1.68 bits per heavy atom. The number of rotatable bonds is 15. The average Bonchev–Trinajstić information content (AvgIpc) is 2.48. The molecule has 0 aliphatic carbocycles. The second-order valence-electron chi connectivity index (χ2n) is 6.35. The van der Waals surface area contributed by atoms with Gasteiger partial charge < -0.3 is 14.9 Å². The van der Waals surface area contributed by atoms with Crippen LogP contribution in [0.4, 0.5) is 0 Å². The van der Waals surface area contributed by atoms with E-state index >= 15 is 0 Å². The van der Waals surface area contributed by atoms with Crippen molar-refractivity contribution in [3.63, 3.8) is 0 Å². The SMILES string of the molecule is CCCCCCCCCCCCC(O)(CO)C(N)(N)OCC. The molecule has 0 aromatic carbocycles. The zero-order valence-corrected chi connectivity index (χ0v) is 14.6. The highest BCUT2D eigenvalue weighted by molar-refractivity contribution is 4.92. The lowest BCUT2D eigenvalue weighted by Gasteiger charge is -2.40. The van der Waals surface area contributed by atoms with Gasteiger partial charge in [-0.25, -0.2) is 0 Å². The topological polar surface area (TPSA) is 102 Å². The molecular weight excluding hydrogens is 280 g/mol. The smallest absolute Gasteiger partial charge is 0.201 e. The standard InChI is InChI=1S/C17H38N2O3/c1-3-5-6-7-8-9-10-11-12-13-14-16(21,15-20)17(18,19)22-4-2/h20-21H,3-15,18-19H2,1-2H3. The van der Waals surface area contributed by atoms with Gasteiger partial charge in [-0.15, -0.1) is 0 Å². The Morgan fingerprint density at radius 2 is 1.27 bits per heavy atom. The molecule has 0 aliphatic rings. The Morgan fingerprint density at radius 1 is 0.818 bits per heavy atom. The van der Waals surface area contributed by atoms with Gasteiger partial charge in [-0.05, 0) is 13.3 Å². The third-order valence-electron chi connectivity index (χ3n) is 4.32. The highest BCUT2D eigenvalue weighted by atomic mass is 16.5. The molecule has 5 heteroatoms. The van der Waals surface area contributed by atoms with E-state index in [-0.39, 0.29) is 0 Å². The maximum Gasteiger partial charge on any atom is 0.201 e. The van der Waals surface area contributed by atoms with Gasteiger partial charge in [-0.3, -0.25) is 11.5 Å². The number of unbranched alkanes of at least 4 members (excludes halogenated alkanes) is 9. The van der Waals surface area contributed by atoms with E-state index in [0.717, 1.165) is 19.3 Å². The van der Waals surface area contributed by atoms with Crippen molar-refractivity contribution in [1.82, 2.24) is 0 Å². The fraction of sp³-hybridized carbons (Fsp3) is 1.00. The van der Waals surface area contributed by atoms with Crippen LogP contribution >= 0.6 is 0 Å². The van der Waals surface area contributed by atoms with Gasteiger partial charge in [0.1, 0.15) is 5.60 Å². The van der Waals surface area contributed by atoms with Crippen LogP contribution in [0.15, 0.2) is 0 Å². The molecule has 0 aliphatic heterocycles. The van der Waals surface area contributed by atoms with Crippen molar-refractivity contribution >= 4 is 0 Å². The molecule has 0 saturated heterocycles. The van der Waals surface area contributed by atoms with E-state index in [1.165, 1.54) is 44.9 Å². The molecule has 134 valence electrons. The lowest BCUT2D eigenvalue weighted by atomic mass is 9.91. The van der Waals surface area contributed by atoms with Gasteiger partial charge in [0, 0.05) is 6.61 Å². The molecule has 6 N–H and O–H groups in total. The molecular formula is C17H38N2O3. The van der Waals surface area contributed by atoms with Crippen LogP contribution in [0, 0.1) is 0 Å². The van der Waals surface area contributed by atoms with E-state index in [2.05, 4.69) is 6.92 Å². The summed E-state index contributed by atoms with van der Waals surface area (Å²) >= 11 is 0. The van der Waals surface area contributed by atoms with Crippen molar-refractivity contribution in [3.8, 4) is 0 Å². The van der Waals surface area contributed by atoms with Crippen LogP contribution in [0.1, 0.15) is 84.5 Å². The molecule has 0 heterocycles. The first-order valence-electron chi connectivity index (χ1n) is 8.98. The van der Waals surface area contributed by atoms with Crippen LogP contribution in [-0.4, -0.2) is 34.9 Å². The molecule has 1 atom stereocenters. The zero-order chi connectivity index (χ0) is 16.9. The predicted molar refractivity (Wildman–Crippen MR) is 91.2 cm³/mol. The molecule has 0 aromatic heterocycles. The Labute approximate surface area is 136 Å². The number of ether oxygens (including phenoxy) is 1. The molecule has 0 amide bonds. The summed E-state index contributed by atoms with van der Waals surface area (Å²) in [4.78, 5) is 0. The van der Waals surface area contributed by atoms with Crippen molar-refractivity contribution in [1.29, 1.82) is 0 Å². The van der Waals surface area contributed by atoms with Gasteiger partial charge in [-0.1, -0.05) is 71.1 Å². The molecule has 0 saturated carbocycles. The van der Waals surface area contributed by atoms with E-state index in [1.54, 1.807) is 6.92 Å². The van der Waals surface area contributed by atoms with Gasteiger partial charge in [-0.2, -0.15) is 0 Å². The third-order valence-corrected chi connectivity index (χ3v) is 4.32. The summed E-state index contributed by atoms with van der Waals surface area (Å²) in [6.07, 6.45) is 12.5. The Hall–Kier alpha value is -0.200. The normalized spacial score (nSPS) is 15.0. The minimum Gasteiger partial charge on any atom is -0.393 e. The fourth-order valence-electron chi connectivity index (χ4n) is 2.68. The molecule has 0 bridgehead atoms. The monoisotopic (exact) mass is 318 g/mol. The van der Waals surface area contributed by atoms with E-state index < -0.39 is 18.1 Å². The molecule has 0 fully saturated rings. The molecule has 0 aromatic rings. The molecule has 5 nitrogen and oxygen atoms in total. The van der Waals surface area contributed by atoms with E-state index in [9.17, 15) is 10.2 Å². The minimum absolute atomic E-state index is 0.299. The summed E-state index contributed by atoms with van der Waals surface area (Å²) < 4.78 is 5.17. The van der Waals surface area contributed by atoms with Gasteiger partial charge in [0.2, 0.25) is 5.85 Å². The van der Waals surface area contributed by atoms with Crippen LogP contribution in [0.2, 0.25) is 0 Å². The first-order valence-corrected chi connectivity index (χ1v) is 8.98. The van der Waals surface area contributed by atoms with Crippen molar-refractivity contribution in [2.75, 3.05) is 13.2 Å². The summed E-state index contributed by atoms with van der Waals surface area (Å²) in [5.41, 5.74) is 9.98. The zero-order valence-electron chi connectivity index (χ0n) is 14.6. The van der Waals surface area contributed by atoms with Crippen molar-refractivity contribution in [2.45, 2.75) is 95.9 Å². The minimum atomic E-state index is -1.70. The fourth-order valence-corrected chi connectivity index (χ4v) is 2.68. The number of aliphatic hydroxyl groups excluding tert-OH is 1. The van der Waals surface area contributed by atoms with Crippen LogP contribution < -0.4 is 11.5 Å². The van der Waals surface area contributed by atoms with Gasteiger partial charge in [0.15, 0.2) is 0 Å². The molecule has 22 heavy (non-hydrogen) atoms. The lowest BCUT2D eigenvalue weighted by Crippen LogP contribution is -2.70. The van der Waals surface area contributed by atoms with Crippen LogP contribution in [0.25, 0.3) is 0 Å². The molecule has 0 spiro atoms. The van der Waals surface area contributed by atoms with E-state index in [0.29, 0.717) is 13.0 Å². The molecule has 1 unspecified atom stereocenters. The maximum atomic E-state index is 10.4. The molecule has 0 rings (SSSR count). The summed E-state index contributed by atoms with van der Waals surface area (Å²) in [6, 6.07) is 0. The third kappa shape index (κ3) is 8.44. The number of hydrogen-bond acceptors (Lipinski definition) is 5. The van der Waals surface area contributed by atoms with E-state index in [1.807, 2.05) is 0 Å². The summed E-state index contributed by atoms with van der Waals surface area (Å²) in [7, 11) is 0. The highest BCUT2D eigenvalue weighted by Crippen LogP contribution is 2.24. The quantitative estimate of drug-likeness (QED) is 0.275. The van der Waals surface area contributed by atoms with Gasteiger partial charge in [0.05, 0.1) is 6.61 Å². The average molecular weight is 319 g/mol. The van der Waals surface area contributed by atoms with Crippen LogP contribution in [-0.2, 0) is 4.74 Å².